The normalized spacial score (nSPS) is 10.9. The zero-order valence-electron chi connectivity index (χ0n) is 12.6. The molecule has 0 spiro atoms. The minimum Gasteiger partial charge on any atom is -0.478 e. The van der Waals surface area contributed by atoms with Gasteiger partial charge in [0.05, 0.1) is 24.0 Å². The standard InChI is InChI=1S/C16H14FN3O2S/c1-9-5-11(3-4-13(9)17)15-19-14(10(2)23-15)8-20-7-12(6-18-20)16(21)22/h3-7H,8H2,1-2H3,(H,21,22). The molecule has 1 N–H and O–H groups in total. The highest BCUT2D eigenvalue weighted by atomic mass is 32.1. The molecule has 0 bridgehead atoms. The first-order valence-electron chi connectivity index (χ1n) is 6.92. The number of rotatable bonds is 4. The third kappa shape index (κ3) is 3.14. The van der Waals surface area contributed by atoms with Crippen LogP contribution in [0.2, 0.25) is 0 Å². The van der Waals surface area contributed by atoms with E-state index in [4.69, 9.17) is 5.11 Å². The van der Waals surface area contributed by atoms with E-state index in [9.17, 15) is 9.18 Å². The monoisotopic (exact) mass is 331 g/mol. The third-order valence-electron chi connectivity index (χ3n) is 3.49. The predicted octanol–water partition coefficient (Wildman–Crippen LogP) is 3.51. The molecule has 7 heteroatoms. The second-order valence-corrected chi connectivity index (χ2v) is 6.42. The van der Waals surface area contributed by atoms with Crippen LogP contribution < -0.4 is 0 Å². The van der Waals surface area contributed by atoms with Crippen LogP contribution in [0.4, 0.5) is 4.39 Å². The summed E-state index contributed by atoms with van der Waals surface area (Å²) < 4.78 is 14.9. The first-order chi connectivity index (χ1) is 10.9. The molecule has 3 aromatic rings. The van der Waals surface area contributed by atoms with Crippen molar-refractivity contribution in [3.8, 4) is 10.6 Å². The molecule has 0 unspecified atom stereocenters. The molecular weight excluding hydrogens is 317 g/mol. The van der Waals surface area contributed by atoms with Gasteiger partial charge in [-0.1, -0.05) is 0 Å². The summed E-state index contributed by atoms with van der Waals surface area (Å²) in [5.74, 6) is -1.24. The number of hydrogen-bond acceptors (Lipinski definition) is 4. The second kappa shape index (κ2) is 5.92. The van der Waals surface area contributed by atoms with Crippen molar-refractivity contribution in [2.24, 2.45) is 0 Å². The van der Waals surface area contributed by atoms with E-state index in [0.717, 1.165) is 21.1 Å². The van der Waals surface area contributed by atoms with Gasteiger partial charge in [-0.15, -0.1) is 11.3 Å². The fourth-order valence-corrected chi connectivity index (χ4v) is 3.11. The summed E-state index contributed by atoms with van der Waals surface area (Å²) in [4.78, 5) is 16.5. The number of halogens is 1. The largest absolute Gasteiger partial charge is 0.478 e. The van der Waals surface area contributed by atoms with Gasteiger partial charge in [-0.3, -0.25) is 4.68 Å². The lowest BCUT2D eigenvalue weighted by Gasteiger charge is -2.00. The number of hydrogen-bond donors (Lipinski definition) is 1. The van der Waals surface area contributed by atoms with Gasteiger partial charge < -0.3 is 5.11 Å². The first-order valence-corrected chi connectivity index (χ1v) is 7.74. The molecular formula is C16H14FN3O2S. The topological polar surface area (TPSA) is 68.0 Å². The number of carbonyl (C=O) groups is 1. The summed E-state index contributed by atoms with van der Waals surface area (Å²) in [5.41, 5.74) is 2.42. The Balaban J connectivity index is 1.88. The Labute approximate surface area is 136 Å². The highest BCUT2D eigenvalue weighted by Crippen LogP contribution is 2.29. The first kappa shape index (κ1) is 15.4. The molecule has 5 nitrogen and oxygen atoms in total. The van der Waals surface area contributed by atoms with Crippen LogP contribution in [0, 0.1) is 19.7 Å². The fourth-order valence-electron chi connectivity index (χ4n) is 2.19. The van der Waals surface area contributed by atoms with E-state index in [1.54, 1.807) is 23.7 Å². The van der Waals surface area contributed by atoms with E-state index < -0.39 is 5.97 Å². The maximum Gasteiger partial charge on any atom is 0.338 e. The number of carboxylic acid groups (broad SMARTS) is 1. The van der Waals surface area contributed by atoms with Gasteiger partial charge in [-0.05, 0) is 37.6 Å². The van der Waals surface area contributed by atoms with E-state index in [1.165, 1.54) is 29.8 Å². The van der Waals surface area contributed by atoms with E-state index in [2.05, 4.69) is 10.1 Å². The van der Waals surface area contributed by atoms with Gasteiger partial charge in [-0.2, -0.15) is 5.10 Å². The molecule has 0 radical (unpaired) electrons. The van der Waals surface area contributed by atoms with Crippen LogP contribution in [-0.2, 0) is 6.54 Å². The maximum absolute atomic E-state index is 13.4. The molecule has 3 rings (SSSR count). The van der Waals surface area contributed by atoms with Gasteiger partial charge in [0.2, 0.25) is 0 Å². The number of nitrogens with zero attached hydrogens (tertiary/aromatic N) is 3. The molecule has 118 valence electrons. The van der Waals surface area contributed by atoms with Crippen molar-refractivity contribution in [2.75, 3.05) is 0 Å². The minimum absolute atomic E-state index is 0.146. The fraction of sp³-hybridized carbons (Fsp3) is 0.188. The van der Waals surface area contributed by atoms with Crippen LogP contribution in [0.5, 0.6) is 0 Å². The molecule has 0 aliphatic carbocycles. The summed E-state index contributed by atoms with van der Waals surface area (Å²) >= 11 is 1.52. The zero-order chi connectivity index (χ0) is 16.6. The summed E-state index contributed by atoms with van der Waals surface area (Å²) in [6.07, 6.45) is 2.79. The molecule has 0 saturated carbocycles. The Morgan fingerprint density at radius 2 is 2.17 bits per heavy atom. The molecule has 0 saturated heterocycles. The molecule has 2 heterocycles. The Morgan fingerprint density at radius 1 is 1.39 bits per heavy atom. The smallest absolute Gasteiger partial charge is 0.338 e. The maximum atomic E-state index is 13.4. The van der Waals surface area contributed by atoms with Gasteiger partial charge in [0, 0.05) is 16.6 Å². The summed E-state index contributed by atoms with van der Waals surface area (Å²) in [5, 5.41) is 13.8. The van der Waals surface area contributed by atoms with E-state index >= 15 is 0 Å². The molecule has 0 aliphatic rings. The number of aromatic carboxylic acids is 1. The van der Waals surface area contributed by atoms with Crippen LogP contribution >= 0.6 is 11.3 Å². The van der Waals surface area contributed by atoms with Crippen LogP contribution in [0.25, 0.3) is 10.6 Å². The van der Waals surface area contributed by atoms with E-state index in [1.807, 2.05) is 6.92 Å². The van der Waals surface area contributed by atoms with Crippen LogP contribution in [0.1, 0.15) is 26.5 Å². The Bertz CT molecular complexity index is 885. The lowest BCUT2D eigenvalue weighted by atomic mass is 10.1. The van der Waals surface area contributed by atoms with Gasteiger partial charge >= 0.3 is 5.97 Å². The van der Waals surface area contributed by atoms with E-state index in [-0.39, 0.29) is 11.4 Å². The van der Waals surface area contributed by atoms with Gasteiger partial charge in [0.25, 0.3) is 0 Å². The van der Waals surface area contributed by atoms with Crippen LogP contribution in [-0.4, -0.2) is 25.8 Å². The van der Waals surface area contributed by atoms with Crippen molar-refractivity contribution < 1.29 is 14.3 Å². The average Bonchev–Trinajstić information content (AvgIpc) is 3.10. The number of aromatic nitrogens is 3. The molecule has 0 atom stereocenters. The highest BCUT2D eigenvalue weighted by Gasteiger charge is 2.13. The number of carboxylic acids is 1. The zero-order valence-corrected chi connectivity index (χ0v) is 13.4. The summed E-state index contributed by atoms with van der Waals surface area (Å²) in [6, 6.07) is 4.92. The molecule has 0 fully saturated rings. The average molecular weight is 331 g/mol. The molecule has 0 amide bonds. The molecule has 1 aromatic carbocycles. The lowest BCUT2D eigenvalue weighted by Crippen LogP contribution is -2.02. The third-order valence-corrected chi connectivity index (χ3v) is 4.55. The summed E-state index contributed by atoms with van der Waals surface area (Å²) in [7, 11) is 0. The number of aryl methyl sites for hydroxylation is 2. The van der Waals surface area contributed by atoms with Crippen molar-refractivity contribution in [3.63, 3.8) is 0 Å². The summed E-state index contributed by atoms with van der Waals surface area (Å²) in [6.45, 7) is 4.07. The molecule has 2 aromatic heterocycles. The van der Waals surface area contributed by atoms with Gasteiger partial charge in [0.15, 0.2) is 0 Å². The predicted molar refractivity (Wildman–Crippen MR) is 85.3 cm³/mol. The van der Waals surface area contributed by atoms with Gasteiger partial charge in [-0.25, -0.2) is 14.2 Å². The lowest BCUT2D eigenvalue weighted by molar-refractivity contribution is 0.0697. The number of thiazole rings is 1. The van der Waals surface area contributed by atoms with E-state index in [0.29, 0.717) is 12.1 Å². The van der Waals surface area contributed by atoms with Gasteiger partial charge in [0.1, 0.15) is 10.8 Å². The highest BCUT2D eigenvalue weighted by molar-refractivity contribution is 7.15. The Morgan fingerprint density at radius 3 is 2.83 bits per heavy atom. The van der Waals surface area contributed by atoms with Crippen LogP contribution in [0.3, 0.4) is 0 Å². The van der Waals surface area contributed by atoms with Crippen molar-refractivity contribution in [1.29, 1.82) is 0 Å². The minimum atomic E-state index is -1.01. The van der Waals surface area contributed by atoms with Crippen LogP contribution in [0.15, 0.2) is 30.6 Å². The Hall–Kier alpha value is -2.54. The van der Waals surface area contributed by atoms with Crippen molar-refractivity contribution in [2.45, 2.75) is 20.4 Å². The Kier molecular flexibility index (Phi) is 3.96. The SMILES string of the molecule is Cc1cc(-c2nc(Cn3cc(C(=O)O)cn3)c(C)s2)ccc1F. The van der Waals surface area contributed by atoms with Crippen molar-refractivity contribution >= 4 is 17.3 Å². The second-order valence-electron chi connectivity index (χ2n) is 5.22. The van der Waals surface area contributed by atoms with Crippen molar-refractivity contribution in [3.05, 3.63) is 58.1 Å². The number of benzene rings is 1. The molecule has 0 aliphatic heterocycles. The van der Waals surface area contributed by atoms with Crippen molar-refractivity contribution in [1.82, 2.24) is 14.8 Å². The molecule has 23 heavy (non-hydrogen) atoms. The quantitative estimate of drug-likeness (QED) is 0.794.